The molecule has 2 amide bonds. The Bertz CT molecular complexity index is 1370. The number of amides is 2. The molecule has 0 aromatic heterocycles. The molecule has 7 nitrogen and oxygen atoms in total. The van der Waals surface area contributed by atoms with E-state index >= 15 is 0 Å². The first-order valence-electron chi connectivity index (χ1n) is 14.1. The van der Waals surface area contributed by atoms with E-state index in [1.165, 1.54) is 10.6 Å². The minimum absolute atomic E-state index is 0.104. The number of rotatable bonds is 14. The van der Waals surface area contributed by atoms with Gasteiger partial charge in [-0.1, -0.05) is 91.7 Å². The molecular formula is C33H43N3O4S. The maximum Gasteiger partial charge on any atom is 0.243 e. The van der Waals surface area contributed by atoms with Crippen molar-refractivity contribution >= 4 is 27.5 Å². The molecular weight excluding hydrogens is 534 g/mol. The molecule has 0 bridgehead atoms. The molecule has 3 rings (SSSR count). The summed E-state index contributed by atoms with van der Waals surface area (Å²) in [5.41, 5.74) is 4.60. The monoisotopic (exact) mass is 577 g/mol. The molecule has 0 spiro atoms. The van der Waals surface area contributed by atoms with Crippen LogP contribution in [0.2, 0.25) is 0 Å². The van der Waals surface area contributed by atoms with Gasteiger partial charge in [-0.2, -0.15) is 0 Å². The van der Waals surface area contributed by atoms with Crippen molar-refractivity contribution in [3.63, 3.8) is 0 Å². The SMILES string of the molecule is Cc1ccc(CN(C(=O)CCCN(c2ccc(C)cc2)S(C)(=O)=O)C(Cc2ccccc2)C(=O)NCC(C)C)cc1. The first kappa shape index (κ1) is 31.9. The molecule has 0 aliphatic heterocycles. The smallest absolute Gasteiger partial charge is 0.243 e. The number of hydrogen-bond acceptors (Lipinski definition) is 4. The highest BCUT2D eigenvalue weighted by Gasteiger charge is 2.30. The summed E-state index contributed by atoms with van der Waals surface area (Å²) in [5, 5.41) is 3.03. The molecule has 3 aromatic rings. The molecule has 41 heavy (non-hydrogen) atoms. The number of aryl methyl sites for hydroxylation is 2. The molecule has 1 atom stereocenters. The van der Waals surface area contributed by atoms with Gasteiger partial charge >= 0.3 is 0 Å². The lowest BCUT2D eigenvalue weighted by molar-refractivity contribution is -0.141. The third-order valence-electron chi connectivity index (χ3n) is 6.90. The first-order valence-corrected chi connectivity index (χ1v) is 16.0. The summed E-state index contributed by atoms with van der Waals surface area (Å²) in [4.78, 5) is 29.1. The Balaban J connectivity index is 1.87. The zero-order valence-electron chi connectivity index (χ0n) is 24.8. The summed E-state index contributed by atoms with van der Waals surface area (Å²) in [6, 6.07) is 24.2. The lowest BCUT2D eigenvalue weighted by atomic mass is 10.0. The standard InChI is InChI=1S/C33H43N3O4S/c1-25(2)23-34-33(38)31(22-28-10-7-6-8-11-28)35(24-29-17-13-26(3)14-18-29)32(37)12-9-21-36(41(5,39)40)30-19-15-27(4)16-20-30/h6-8,10-11,13-20,25,31H,9,12,21-24H2,1-5H3,(H,34,38). The van der Waals surface area contributed by atoms with E-state index in [9.17, 15) is 18.0 Å². The highest BCUT2D eigenvalue weighted by atomic mass is 32.2. The molecule has 0 aliphatic rings. The van der Waals surface area contributed by atoms with Crippen LogP contribution in [0.4, 0.5) is 5.69 Å². The number of hydrogen-bond donors (Lipinski definition) is 1. The van der Waals surface area contributed by atoms with Gasteiger partial charge < -0.3 is 10.2 Å². The molecule has 220 valence electrons. The van der Waals surface area contributed by atoms with Gasteiger partial charge in [-0.15, -0.1) is 0 Å². The van der Waals surface area contributed by atoms with Gasteiger partial charge in [0, 0.05) is 32.5 Å². The summed E-state index contributed by atoms with van der Waals surface area (Å²) >= 11 is 0. The van der Waals surface area contributed by atoms with Crippen LogP contribution in [0.1, 0.15) is 48.9 Å². The van der Waals surface area contributed by atoms with E-state index in [0.29, 0.717) is 25.1 Å². The normalized spacial score (nSPS) is 12.1. The van der Waals surface area contributed by atoms with Crippen LogP contribution in [-0.2, 0) is 32.6 Å². The molecule has 0 radical (unpaired) electrons. The number of benzene rings is 3. The van der Waals surface area contributed by atoms with E-state index in [4.69, 9.17) is 0 Å². The predicted octanol–water partition coefficient (Wildman–Crippen LogP) is 5.26. The zero-order valence-corrected chi connectivity index (χ0v) is 25.7. The van der Waals surface area contributed by atoms with Gasteiger partial charge in [0.1, 0.15) is 6.04 Å². The third-order valence-corrected chi connectivity index (χ3v) is 8.10. The van der Waals surface area contributed by atoms with Gasteiger partial charge in [-0.3, -0.25) is 13.9 Å². The molecule has 3 aromatic carbocycles. The van der Waals surface area contributed by atoms with E-state index < -0.39 is 16.1 Å². The third kappa shape index (κ3) is 10.0. The summed E-state index contributed by atoms with van der Waals surface area (Å²) in [6.45, 7) is 8.96. The van der Waals surface area contributed by atoms with Gasteiger partial charge in [0.15, 0.2) is 0 Å². The van der Waals surface area contributed by atoms with Crippen molar-refractivity contribution in [2.45, 2.75) is 59.5 Å². The van der Waals surface area contributed by atoms with Crippen molar-refractivity contribution in [3.05, 3.63) is 101 Å². The Morgan fingerprint density at radius 1 is 0.829 bits per heavy atom. The Morgan fingerprint density at radius 3 is 1.98 bits per heavy atom. The number of sulfonamides is 1. The molecule has 0 fully saturated rings. The predicted molar refractivity (Wildman–Crippen MR) is 166 cm³/mol. The van der Waals surface area contributed by atoms with E-state index in [-0.39, 0.29) is 37.2 Å². The Labute approximate surface area is 245 Å². The number of carbonyl (C=O) groups excluding carboxylic acids is 2. The van der Waals surface area contributed by atoms with Gasteiger partial charge in [0.2, 0.25) is 21.8 Å². The summed E-state index contributed by atoms with van der Waals surface area (Å²) < 4.78 is 26.5. The second kappa shape index (κ2) is 14.8. The molecule has 1 unspecified atom stereocenters. The summed E-state index contributed by atoms with van der Waals surface area (Å²) in [6.07, 6.45) is 1.97. The van der Waals surface area contributed by atoms with Crippen LogP contribution in [0, 0.1) is 19.8 Å². The van der Waals surface area contributed by atoms with Crippen LogP contribution in [0.3, 0.4) is 0 Å². The minimum atomic E-state index is -3.54. The highest BCUT2D eigenvalue weighted by Crippen LogP contribution is 2.21. The Hall–Kier alpha value is -3.65. The summed E-state index contributed by atoms with van der Waals surface area (Å²) in [7, 11) is -3.54. The van der Waals surface area contributed by atoms with Crippen LogP contribution in [0.5, 0.6) is 0 Å². The molecule has 0 aliphatic carbocycles. The average Bonchev–Trinajstić information content (AvgIpc) is 2.93. The number of anilines is 1. The highest BCUT2D eigenvalue weighted by molar-refractivity contribution is 7.92. The number of nitrogens with one attached hydrogen (secondary N) is 1. The number of carbonyl (C=O) groups is 2. The van der Waals surface area contributed by atoms with Crippen LogP contribution < -0.4 is 9.62 Å². The topological polar surface area (TPSA) is 86.8 Å². The molecule has 0 saturated heterocycles. The van der Waals surface area contributed by atoms with Crippen LogP contribution in [0.25, 0.3) is 0 Å². The largest absolute Gasteiger partial charge is 0.354 e. The Morgan fingerprint density at radius 2 is 1.41 bits per heavy atom. The van der Waals surface area contributed by atoms with Gasteiger partial charge in [-0.25, -0.2) is 8.42 Å². The summed E-state index contributed by atoms with van der Waals surface area (Å²) in [5.74, 6) is -0.120. The van der Waals surface area contributed by atoms with Crippen molar-refractivity contribution in [3.8, 4) is 0 Å². The fourth-order valence-corrected chi connectivity index (χ4v) is 5.55. The Kier molecular flexibility index (Phi) is 11.5. The van der Waals surface area contributed by atoms with Crippen molar-refractivity contribution in [1.29, 1.82) is 0 Å². The van der Waals surface area contributed by atoms with Gasteiger partial charge in [0.25, 0.3) is 0 Å². The van der Waals surface area contributed by atoms with E-state index in [0.717, 1.165) is 22.3 Å². The van der Waals surface area contributed by atoms with Crippen LogP contribution in [-0.4, -0.2) is 50.5 Å². The van der Waals surface area contributed by atoms with Crippen LogP contribution >= 0.6 is 0 Å². The molecule has 0 heterocycles. The molecule has 8 heteroatoms. The number of nitrogens with zero attached hydrogens (tertiary/aromatic N) is 2. The van der Waals surface area contributed by atoms with E-state index in [2.05, 4.69) is 5.32 Å². The van der Waals surface area contributed by atoms with Gasteiger partial charge in [0.05, 0.1) is 11.9 Å². The lowest BCUT2D eigenvalue weighted by Crippen LogP contribution is -2.51. The fraction of sp³-hybridized carbons (Fsp3) is 0.394. The fourth-order valence-electron chi connectivity index (χ4n) is 4.58. The second-order valence-electron chi connectivity index (χ2n) is 11.1. The van der Waals surface area contributed by atoms with E-state index in [1.807, 2.05) is 94.4 Å². The van der Waals surface area contributed by atoms with Crippen molar-refractivity contribution in [1.82, 2.24) is 10.2 Å². The molecule has 1 N–H and O–H groups in total. The second-order valence-corrected chi connectivity index (χ2v) is 13.0. The maximum atomic E-state index is 13.9. The first-order chi connectivity index (χ1) is 19.4. The van der Waals surface area contributed by atoms with Gasteiger partial charge in [-0.05, 0) is 49.4 Å². The minimum Gasteiger partial charge on any atom is -0.354 e. The lowest BCUT2D eigenvalue weighted by Gasteiger charge is -2.32. The average molecular weight is 578 g/mol. The van der Waals surface area contributed by atoms with Crippen LogP contribution in [0.15, 0.2) is 78.9 Å². The maximum absolute atomic E-state index is 13.9. The van der Waals surface area contributed by atoms with Crippen molar-refractivity contribution in [2.24, 2.45) is 5.92 Å². The van der Waals surface area contributed by atoms with Crippen molar-refractivity contribution in [2.75, 3.05) is 23.7 Å². The zero-order chi connectivity index (χ0) is 30.0. The quantitative estimate of drug-likeness (QED) is 0.283. The molecule has 0 saturated carbocycles. The van der Waals surface area contributed by atoms with Crippen molar-refractivity contribution < 1.29 is 18.0 Å². The van der Waals surface area contributed by atoms with E-state index in [1.54, 1.807) is 17.0 Å².